The number of benzene rings is 2. The van der Waals surface area contributed by atoms with Gasteiger partial charge in [0.25, 0.3) is 0 Å². The highest BCUT2D eigenvalue weighted by molar-refractivity contribution is 5.96. The zero-order valence-corrected chi connectivity index (χ0v) is 16.3. The van der Waals surface area contributed by atoms with E-state index in [1.165, 1.54) is 25.3 Å². The summed E-state index contributed by atoms with van der Waals surface area (Å²) in [5.41, 5.74) is 1.09. The highest BCUT2D eigenvalue weighted by atomic mass is 19.4. The van der Waals surface area contributed by atoms with Crippen LogP contribution in [0.25, 0.3) is 10.9 Å². The monoisotopic (exact) mass is 419 g/mol. The summed E-state index contributed by atoms with van der Waals surface area (Å²) >= 11 is 0. The molecule has 4 rings (SSSR count). The van der Waals surface area contributed by atoms with Crippen LogP contribution >= 0.6 is 0 Å². The van der Waals surface area contributed by atoms with Gasteiger partial charge in [-0.2, -0.15) is 13.2 Å². The van der Waals surface area contributed by atoms with Crippen molar-refractivity contribution in [2.24, 2.45) is 0 Å². The second-order valence-electron chi connectivity index (χ2n) is 7.31. The van der Waals surface area contributed by atoms with Crippen LogP contribution in [0.5, 0.6) is 5.75 Å². The molecule has 2 aromatic carbocycles. The van der Waals surface area contributed by atoms with Crippen LogP contribution in [0.1, 0.15) is 11.3 Å². The molecule has 1 N–H and O–H groups in total. The van der Waals surface area contributed by atoms with Crippen LogP contribution in [0.4, 0.5) is 23.2 Å². The summed E-state index contributed by atoms with van der Waals surface area (Å²) in [6.45, 7) is 2.11. The number of anilines is 1. The normalized spacial score (nSPS) is 17.4. The minimum atomic E-state index is -4.52. The van der Waals surface area contributed by atoms with E-state index >= 15 is 0 Å². The lowest BCUT2D eigenvalue weighted by molar-refractivity contribution is -0.140. The van der Waals surface area contributed by atoms with E-state index in [0.29, 0.717) is 24.2 Å². The smallest absolute Gasteiger partial charge is 0.433 e. The van der Waals surface area contributed by atoms with Gasteiger partial charge in [-0.3, -0.25) is 0 Å². The fourth-order valence-electron chi connectivity index (χ4n) is 3.86. The Balaban J connectivity index is 1.64. The third kappa shape index (κ3) is 4.18. The first-order valence-electron chi connectivity index (χ1n) is 9.63. The van der Waals surface area contributed by atoms with Gasteiger partial charge in [-0.15, -0.1) is 0 Å². The van der Waals surface area contributed by atoms with Crippen LogP contribution in [0, 0.1) is 5.82 Å². The number of ether oxygens (including phenoxy) is 1. The molecule has 1 aliphatic rings. The van der Waals surface area contributed by atoms with E-state index in [4.69, 9.17) is 4.74 Å². The molecular formula is C22H21F4N3O. The minimum Gasteiger partial charge on any atom is -0.494 e. The Morgan fingerprint density at radius 1 is 1.10 bits per heavy atom. The van der Waals surface area contributed by atoms with Crippen molar-refractivity contribution in [2.45, 2.75) is 18.6 Å². The van der Waals surface area contributed by atoms with Crippen molar-refractivity contribution in [2.75, 3.05) is 31.6 Å². The molecule has 8 heteroatoms. The number of aromatic nitrogens is 1. The zero-order valence-electron chi connectivity index (χ0n) is 16.3. The first-order chi connectivity index (χ1) is 14.3. The Hall–Kier alpha value is -2.87. The minimum absolute atomic E-state index is 0.128. The maximum atomic E-state index is 13.2. The second-order valence-corrected chi connectivity index (χ2v) is 7.31. The van der Waals surface area contributed by atoms with Crippen molar-refractivity contribution in [3.63, 3.8) is 0 Å². The van der Waals surface area contributed by atoms with Crippen molar-refractivity contribution < 1.29 is 22.3 Å². The lowest BCUT2D eigenvalue weighted by Gasteiger charge is -2.36. The van der Waals surface area contributed by atoms with Gasteiger partial charge in [0.1, 0.15) is 22.8 Å². The number of hydrogen-bond donors (Lipinski definition) is 1. The van der Waals surface area contributed by atoms with Crippen molar-refractivity contribution in [3.8, 4) is 5.75 Å². The number of alkyl halides is 3. The number of halogens is 4. The summed E-state index contributed by atoms with van der Waals surface area (Å²) < 4.78 is 57.8. The third-order valence-corrected chi connectivity index (χ3v) is 5.30. The van der Waals surface area contributed by atoms with E-state index in [0.717, 1.165) is 30.3 Å². The van der Waals surface area contributed by atoms with Crippen LogP contribution in [-0.4, -0.2) is 37.8 Å². The standard InChI is InChI=1S/C22H21F4N3O/c1-30-19-8-7-18(17-6-9-20(22(24,25)26)28-21(17)19)29-11-10-27-16(13-29)12-14-2-4-15(23)5-3-14/h2-9,16,27H,10-13H2,1H3/t16-/m0/s1. The van der Waals surface area contributed by atoms with Crippen molar-refractivity contribution in [1.29, 1.82) is 0 Å². The lowest BCUT2D eigenvalue weighted by atomic mass is 10.0. The Labute approximate surface area is 171 Å². The molecular weight excluding hydrogens is 398 g/mol. The number of nitrogens with one attached hydrogen (secondary N) is 1. The Morgan fingerprint density at radius 3 is 2.57 bits per heavy atom. The molecule has 2 heterocycles. The van der Waals surface area contributed by atoms with E-state index < -0.39 is 11.9 Å². The lowest BCUT2D eigenvalue weighted by Crippen LogP contribution is -2.51. The molecule has 0 aliphatic carbocycles. The number of rotatable bonds is 4. The fourth-order valence-corrected chi connectivity index (χ4v) is 3.86. The predicted molar refractivity (Wildman–Crippen MR) is 107 cm³/mol. The van der Waals surface area contributed by atoms with Crippen LogP contribution in [0.2, 0.25) is 0 Å². The molecule has 1 aliphatic heterocycles. The predicted octanol–water partition coefficient (Wildman–Crippen LogP) is 4.42. The van der Waals surface area contributed by atoms with Gasteiger partial charge in [0, 0.05) is 36.7 Å². The number of nitrogens with zero attached hydrogens (tertiary/aromatic N) is 2. The Morgan fingerprint density at radius 2 is 1.87 bits per heavy atom. The van der Waals surface area contributed by atoms with E-state index in [1.807, 2.05) is 6.07 Å². The summed E-state index contributed by atoms with van der Waals surface area (Å²) in [7, 11) is 1.42. The first kappa shape index (κ1) is 20.4. The molecule has 0 amide bonds. The average molecular weight is 419 g/mol. The van der Waals surface area contributed by atoms with Crippen LogP contribution < -0.4 is 15.0 Å². The molecule has 1 fully saturated rings. The van der Waals surface area contributed by atoms with E-state index in [1.54, 1.807) is 18.2 Å². The van der Waals surface area contributed by atoms with Gasteiger partial charge in [0.15, 0.2) is 0 Å². The van der Waals surface area contributed by atoms with E-state index in [2.05, 4.69) is 15.2 Å². The van der Waals surface area contributed by atoms with E-state index in [-0.39, 0.29) is 17.4 Å². The third-order valence-electron chi connectivity index (χ3n) is 5.30. The molecule has 1 atom stereocenters. The van der Waals surface area contributed by atoms with Gasteiger partial charge < -0.3 is 15.0 Å². The van der Waals surface area contributed by atoms with Gasteiger partial charge in [-0.05, 0) is 48.4 Å². The summed E-state index contributed by atoms with van der Waals surface area (Å²) in [5, 5.41) is 4.07. The SMILES string of the molecule is COc1ccc(N2CCN[C@@H](Cc3ccc(F)cc3)C2)c2ccc(C(F)(F)F)nc12. The van der Waals surface area contributed by atoms with Crippen molar-refractivity contribution in [3.05, 3.63) is 65.6 Å². The average Bonchev–Trinajstić information content (AvgIpc) is 2.74. The van der Waals surface area contributed by atoms with E-state index in [9.17, 15) is 17.6 Å². The molecule has 4 nitrogen and oxygen atoms in total. The van der Waals surface area contributed by atoms with Gasteiger partial charge in [0.05, 0.1) is 7.11 Å². The number of fused-ring (bicyclic) bond motifs is 1. The largest absolute Gasteiger partial charge is 0.494 e. The number of methoxy groups -OCH3 is 1. The quantitative estimate of drug-likeness (QED) is 0.636. The maximum absolute atomic E-state index is 13.2. The zero-order chi connectivity index (χ0) is 21.3. The van der Waals surface area contributed by atoms with Gasteiger partial charge in [-0.25, -0.2) is 9.37 Å². The maximum Gasteiger partial charge on any atom is 0.433 e. The van der Waals surface area contributed by atoms with Crippen LogP contribution in [-0.2, 0) is 12.6 Å². The number of hydrogen-bond acceptors (Lipinski definition) is 4. The van der Waals surface area contributed by atoms with Gasteiger partial charge in [-0.1, -0.05) is 12.1 Å². The number of piperazine rings is 1. The summed E-state index contributed by atoms with van der Waals surface area (Å²) in [6, 6.07) is 12.5. The molecule has 1 aromatic heterocycles. The molecule has 0 bridgehead atoms. The molecule has 0 spiro atoms. The van der Waals surface area contributed by atoms with Gasteiger partial charge >= 0.3 is 6.18 Å². The highest BCUT2D eigenvalue weighted by Gasteiger charge is 2.33. The molecule has 30 heavy (non-hydrogen) atoms. The number of pyridine rings is 1. The summed E-state index contributed by atoms with van der Waals surface area (Å²) in [6.07, 6.45) is -3.80. The van der Waals surface area contributed by atoms with Gasteiger partial charge in [0.2, 0.25) is 0 Å². The Bertz CT molecular complexity index is 1040. The van der Waals surface area contributed by atoms with Crippen molar-refractivity contribution in [1.82, 2.24) is 10.3 Å². The Kier molecular flexibility index (Phi) is 5.51. The molecule has 1 saturated heterocycles. The molecule has 0 unspecified atom stereocenters. The van der Waals surface area contributed by atoms with Crippen LogP contribution in [0.3, 0.4) is 0 Å². The van der Waals surface area contributed by atoms with Crippen LogP contribution in [0.15, 0.2) is 48.5 Å². The highest BCUT2D eigenvalue weighted by Crippen LogP contribution is 2.36. The van der Waals surface area contributed by atoms with Crippen molar-refractivity contribution >= 4 is 16.6 Å². The molecule has 158 valence electrons. The molecule has 0 saturated carbocycles. The first-order valence-corrected chi connectivity index (χ1v) is 9.63. The summed E-state index contributed by atoms with van der Waals surface area (Å²) in [5.74, 6) is 0.0326. The second kappa shape index (κ2) is 8.10. The fraction of sp³-hybridized carbons (Fsp3) is 0.318. The topological polar surface area (TPSA) is 37.4 Å². The molecule has 3 aromatic rings. The summed E-state index contributed by atoms with van der Waals surface area (Å²) in [4.78, 5) is 5.98. The molecule has 0 radical (unpaired) electrons.